The van der Waals surface area contributed by atoms with Gasteiger partial charge in [0.1, 0.15) is 5.82 Å². The van der Waals surface area contributed by atoms with Crippen LogP contribution in [0.1, 0.15) is 43.7 Å². The quantitative estimate of drug-likeness (QED) is 0.867. The van der Waals surface area contributed by atoms with Crippen molar-refractivity contribution in [2.24, 2.45) is 11.7 Å². The molecule has 0 heterocycles. The van der Waals surface area contributed by atoms with Gasteiger partial charge < -0.3 is 5.73 Å². The summed E-state index contributed by atoms with van der Waals surface area (Å²) in [5.41, 5.74) is 7.14. The zero-order valence-corrected chi connectivity index (χ0v) is 10.8. The van der Waals surface area contributed by atoms with E-state index >= 15 is 0 Å². The van der Waals surface area contributed by atoms with E-state index in [1.807, 2.05) is 6.07 Å². The monoisotopic (exact) mass is 285 g/mol. The Labute approximate surface area is 104 Å². The summed E-state index contributed by atoms with van der Waals surface area (Å²) in [5, 5.41) is 0. The van der Waals surface area contributed by atoms with Crippen molar-refractivity contribution in [3.63, 3.8) is 0 Å². The third-order valence-electron chi connectivity index (χ3n) is 3.43. The molecule has 0 unspecified atom stereocenters. The van der Waals surface area contributed by atoms with E-state index in [0.29, 0.717) is 5.92 Å². The van der Waals surface area contributed by atoms with E-state index in [9.17, 15) is 4.39 Å². The van der Waals surface area contributed by atoms with Gasteiger partial charge in [0.25, 0.3) is 0 Å². The van der Waals surface area contributed by atoms with Crippen LogP contribution in [0, 0.1) is 11.7 Å². The van der Waals surface area contributed by atoms with Gasteiger partial charge in [-0.25, -0.2) is 4.39 Å². The van der Waals surface area contributed by atoms with Crippen LogP contribution in [-0.4, -0.2) is 0 Å². The van der Waals surface area contributed by atoms with Crippen LogP contribution in [0.3, 0.4) is 0 Å². The predicted molar refractivity (Wildman–Crippen MR) is 67.6 cm³/mol. The average molecular weight is 286 g/mol. The third kappa shape index (κ3) is 2.83. The third-order valence-corrected chi connectivity index (χ3v) is 3.89. The summed E-state index contributed by atoms with van der Waals surface area (Å²) in [4.78, 5) is 0. The molecular formula is C13H17BrFN. The number of halogens is 2. The Bertz CT molecular complexity index is 341. The molecule has 88 valence electrons. The van der Waals surface area contributed by atoms with Crippen LogP contribution in [0.5, 0.6) is 0 Å². The van der Waals surface area contributed by atoms with Crippen LogP contribution < -0.4 is 5.73 Å². The van der Waals surface area contributed by atoms with E-state index in [2.05, 4.69) is 15.9 Å². The first kappa shape index (κ1) is 12.1. The number of hydrogen-bond donors (Lipinski definition) is 1. The van der Waals surface area contributed by atoms with Gasteiger partial charge in [-0.05, 0) is 42.5 Å². The van der Waals surface area contributed by atoms with Gasteiger partial charge in [0.05, 0.1) is 0 Å². The normalized spacial score (nSPS) is 19.7. The summed E-state index contributed by atoms with van der Waals surface area (Å²) in [6.45, 7) is 0. The molecule has 1 atom stereocenters. The molecule has 0 aliphatic heterocycles. The highest BCUT2D eigenvalue weighted by molar-refractivity contribution is 9.10. The number of nitrogens with two attached hydrogens (primary N) is 1. The molecule has 1 aliphatic rings. The van der Waals surface area contributed by atoms with Gasteiger partial charge >= 0.3 is 0 Å². The molecule has 0 radical (unpaired) electrons. The van der Waals surface area contributed by atoms with Crippen LogP contribution in [0.25, 0.3) is 0 Å². The second-order valence-electron chi connectivity index (χ2n) is 4.63. The molecule has 0 amide bonds. The van der Waals surface area contributed by atoms with Gasteiger partial charge in [0, 0.05) is 10.5 Å². The average Bonchev–Trinajstić information content (AvgIpc) is 2.28. The molecule has 1 aromatic rings. The van der Waals surface area contributed by atoms with Gasteiger partial charge in [0.15, 0.2) is 0 Å². The number of hydrogen-bond acceptors (Lipinski definition) is 1. The summed E-state index contributed by atoms with van der Waals surface area (Å²) in [6.07, 6.45) is 6.18. The van der Waals surface area contributed by atoms with E-state index in [1.54, 1.807) is 6.07 Å². The van der Waals surface area contributed by atoms with Crippen molar-refractivity contribution >= 4 is 15.9 Å². The Kier molecular flexibility index (Phi) is 3.98. The first-order valence-electron chi connectivity index (χ1n) is 5.88. The SMILES string of the molecule is N[C@@H](c1cc(F)cc(Br)c1)C1CCCCC1. The van der Waals surface area contributed by atoms with Crippen molar-refractivity contribution in [3.05, 3.63) is 34.1 Å². The van der Waals surface area contributed by atoms with Crippen molar-refractivity contribution in [1.82, 2.24) is 0 Å². The zero-order chi connectivity index (χ0) is 11.5. The highest BCUT2D eigenvalue weighted by atomic mass is 79.9. The molecule has 1 nitrogen and oxygen atoms in total. The van der Waals surface area contributed by atoms with Gasteiger partial charge in [-0.15, -0.1) is 0 Å². The summed E-state index contributed by atoms with van der Waals surface area (Å²) in [5.74, 6) is 0.304. The molecule has 2 N–H and O–H groups in total. The highest BCUT2D eigenvalue weighted by Crippen LogP contribution is 2.33. The van der Waals surface area contributed by atoms with Crippen molar-refractivity contribution in [2.75, 3.05) is 0 Å². The Morgan fingerprint density at radius 3 is 2.50 bits per heavy atom. The van der Waals surface area contributed by atoms with Crippen LogP contribution in [-0.2, 0) is 0 Å². The van der Waals surface area contributed by atoms with Gasteiger partial charge in [-0.2, -0.15) is 0 Å². The first-order valence-corrected chi connectivity index (χ1v) is 6.67. The van der Waals surface area contributed by atoms with E-state index in [1.165, 1.54) is 38.2 Å². The van der Waals surface area contributed by atoms with Gasteiger partial charge in [-0.3, -0.25) is 0 Å². The van der Waals surface area contributed by atoms with E-state index in [0.717, 1.165) is 10.0 Å². The van der Waals surface area contributed by atoms with Gasteiger partial charge in [-0.1, -0.05) is 35.2 Å². The van der Waals surface area contributed by atoms with Crippen LogP contribution >= 0.6 is 15.9 Å². The standard InChI is InChI=1S/C13H17BrFN/c14-11-6-10(7-12(15)8-11)13(16)9-4-2-1-3-5-9/h6-9,13H,1-5,16H2/t13-/m1/s1. The molecule has 1 aromatic carbocycles. The molecule has 0 saturated heterocycles. The Balaban J connectivity index is 2.15. The molecule has 1 fully saturated rings. The Morgan fingerprint density at radius 1 is 1.19 bits per heavy atom. The Hall–Kier alpha value is -0.410. The predicted octanol–water partition coefficient (Wildman–Crippen LogP) is 4.17. The fourth-order valence-corrected chi connectivity index (χ4v) is 3.02. The van der Waals surface area contributed by atoms with E-state index < -0.39 is 0 Å². The lowest BCUT2D eigenvalue weighted by molar-refractivity contribution is 0.308. The molecule has 16 heavy (non-hydrogen) atoms. The van der Waals surface area contributed by atoms with Crippen LogP contribution in [0.15, 0.2) is 22.7 Å². The smallest absolute Gasteiger partial charge is 0.124 e. The van der Waals surface area contributed by atoms with Crippen molar-refractivity contribution in [3.8, 4) is 0 Å². The van der Waals surface area contributed by atoms with E-state index in [-0.39, 0.29) is 11.9 Å². The second kappa shape index (κ2) is 5.28. The second-order valence-corrected chi connectivity index (χ2v) is 5.54. The Morgan fingerprint density at radius 2 is 1.88 bits per heavy atom. The summed E-state index contributed by atoms with van der Waals surface area (Å²) in [7, 11) is 0. The maximum Gasteiger partial charge on any atom is 0.124 e. The molecule has 1 saturated carbocycles. The minimum Gasteiger partial charge on any atom is -0.324 e. The fraction of sp³-hybridized carbons (Fsp3) is 0.538. The molecule has 0 bridgehead atoms. The largest absolute Gasteiger partial charge is 0.324 e. The molecule has 2 rings (SSSR count). The van der Waals surface area contributed by atoms with Crippen LogP contribution in [0.2, 0.25) is 0 Å². The summed E-state index contributed by atoms with van der Waals surface area (Å²) < 4.78 is 14.0. The molecule has 0 aromatic heterocycles. The van der Waals surface area contributed by atoms with Crippen molar-refractivity contribution in [1.29, 1.82) is 0 Å². The van der Waals surface area contributed by atoms with Crippen molar-refractivity contribution < 1.29 is 4.39 Å². The van der Waals surface area contributed by atoms with Crippen molar-refractivity contribution in [2.45, 2.75) is 38.1 Å². The molecule has 3 heteroatoms. The molecular weight excluding hydrogens is 269 g/mol. The minimum absolute atomic E-state index is 0.0210. The number of rotatable bonds is 2. The zero-order valence-electron chi connectivity index (χ0n) is 9.26. The lowest BCUT2D eigenvalue weighted by Crippen LogP contribution is -2.23. The molecule has 1 aliphatic carbocycles. The van der Waals surface area contributed by atoms with Gasteiger partial charge in [0.2, 0.25) is 0 Å². The van der Waals surface area contributed by atoms with Crippen LogP contribution in [0.4, 0.5) is 4.39 Å². The highest BCUT2D eigenvalue weighted by Gasteiger charge is 2.22. The lowest BCUT2D eigenvalue weighted by Gasteiger charge is -2.27. The summed E-state index contributed by atoms with van der Waals surface area (Å²) in [6, 6.07) is 4.94. The van der Waals surface area contributed by atoms with E-state index in [4.69, 9.17) is 5.73 Å². The number of benzene rings is 1. The lowest BCUT2D eigenvalue weighted by atomic mass is 9.81. The molecule has 0 spiro atoms. The fourth-order valence-electron chi connectivity index (χ4n) is 2.53. The first-order chi connectivity index (χ1) is 7.66. The maximum absolute atomic E-state index is 13.3. The minimum atomic E-state index is -0.212. The summed E-state index contributed by atoms with van der Waals surface area (Å²) >= 11 is 3.31. The topological polar surface area (TPSA) is 26.0 Å². The maximum atomic E-state index is 13.3.